The Kier molecular flexibility index (Phi) is 8.69. The zero-order valence-electron chi connectivity index (χ0n) is 17.9. The number of amides is 1. The Balaban J connectivity index is 1.92. The third-order valence-electron chi connectivity index (χ3n) is 4.66. The third kappa shape index (κ3) is 6.75. The summed E-state index contributed by atoms with van der Waals surface area (Å²) in [5, 5.41) is 3.23. The first-order chi connectivity index (χ1) is 14.3. The number of benzene rings is 2. The summed E-state index contributed by atoms with van der Waals surface area (Å²) in [6, 6.07) is 13.5. The first-order valence-electron chi connectivity index (χ1n) is 10.0. The molecule has 0 heterocycles. The number of nitrogens with zero attached hydrogens (tertiary/aromatic N) is 1. The van der Waals surface area contributed by atoms with Crippen LogP contribution in [0.1, 0.15) is 38.1 Å². The van der Waals surface area contributed by atoms with Crippen LogP contribution in [0.3, 0.4) is 0 Å². The molecule has 7 heteroatoms. The number of anilines is 1. The van der Waals surface area contributed by atoms with Crippen molar-refractivity contribution in [2.75, 3.05) is 31.6 Å². The van der Waals surface area contributed by atoms with Crippen molar-refractivity contribution in [3.05, 3.63) is 59.1 Å². The fourth-order valence-corrected chi connectivity index (χ4v) is 2.88. The van der Waals surface area contributed by atoms with Gasteiger partial charge in [0.25, 0.3) is 5.91 Å². The zero-order chi connectivity index (χ0) is 22.1. The van der Waals surface area contributed by atoms with Crippen molar-refractivity contribution in [1.82, 2.24) is 4.90 Å². The molecule has 0 atom stereocenters. The fraction of sp³-hybridized carbons (Fsp3) is 0.391. The van der Waals surface area contributed by atoms with Gasteiger partial charge in [-0.2, -0.15) is 0 Å². The lowest BCUT2D eigenvalue weighted by Crippen LogP contribution is -2.42. The van der Waals surface area contributed by atoms with Gasteiger partial charge in [-0.25, -0.2) is 4.79 Å². The molecule has 1 N–H and O–H groups in total. The molecule has 0 unspecified atom stereocenters. The number of likely N-dealkylation sites (N-methyl/N-ethyl adjacent to an activating group) is 1. The predicted molar refractivity (Wildman–Crippen MR) is 119 cm³/mol. The van der Waals surface area contributed by atoms with Crippen molar-refractivity contribution in [1.29, 1.82) is 0 Å². The highest BCUT2D eigenvalue weighted by Gasteiger charge is 2.30. The minimum Gasteiger partial charge on any atom is -0.476 e. The second kappa shape index (κ2) is 11.0. The van der Waals surface area contributed by atoms with Gasteiger partial charge in [0.15, 0.2) is 5.60 Å². The van der Waals surface area contributed by atoms with Gasteiger partial charge in [0.2, 0.25) is 0 Å². The summed E-state index contributed by atoms with van der Waals surface area (Å²) >= 11 is 6.11. The summed E-state index contributed by atoms with van der Waals surface area (Å²) in [5.41, 5.74) is -0.165. The Morgan fingerprint density at radius 2 is 1.67 bits per heavy atom. The second-order valence-electron chi connectivity index (χ2n) is 7.24. The van der Waals surface area contributed by atoms with Crippen LogP contribution in [0.15, 0.2) is 48.5 Å². The first kappa shape index (κ1) is 23.7. The highest BCUT2D eigenvalue weighted by atomic mass is 35.5. The van der Waals surface area contributed by atoms with Crippen LogP contribution >= 0.6 is 11.6 Å². The summed E-state index contributed by atoms with van der Waals surface area (Å²) in [6.07, 6.45) is 0. The minimum absolute atomic E-state index is 0.336. The summed E-state index contributed by atoms with van der Waals surface area (Å²) in [7, 11) is 0. The SMILES string of the molecule is CCN(CC)CCOC(=O)c1ccc(NC(=O)C(C)(C)Oc2ccccc2Cl)cc1. The first-order valence-corrected chi connectivity index (χ1v) is 10.4. The molecule has 0 saturated heterocycles. The highest BCUT2D eigenvalue weighted by Crippen LogP contribution is 2.28. The molecule has 2 aromatic carbocycles. The van der Waals surface area contributed by atoms with Crippen molar-refractivity contribution in [2.45, 2.75) is 33.3 Å². The maximum Gasteiger partial charge on any atom is 0.338 e. The molecule has 0 fully saturated rings. The van der Waals surface area contributed by atoms with E-state index >= 15 is 0 Å². The van der Waals surface area contributed by atoms with Gasteiger partial charge in [-0.15, -0.1) is 0 Å². The van der Waals surface area contributed by atoms with Crippen LogP contribution in [0.5, 0.6) is 5.75 Å². The maximum atomic E-state index is 12.7. The molecule has 2 aromatic rings. The van der Waals surface area contributed by atoms with Crippen LogP contribution in [0, 0.1) is 0 Å². The van der Waals surface area contributed by atoms with Gasteiger partial charge >= 0.3 is 5.97 Å². The highest BCUT2D eigenvalue weighted by molar-refractivity contribution is 6.32. The van der Waals surface area contributed by atoms with Gasteiger partial charge < -0.3 is 19.7 Å². The van der Waals surface area contributed by atoms with Crippen LogP contribution < -0.4 is 10.1 Å². The standard InChI is InChI=1S/C23H29ClN2O4/c1-5-26(6-2)15-16-29-21(27)17-11-13-18(14-12-17)25-22(28)23(3,4)30-20-10-8-7-9-19(20)24/h7-14H,5-6,15-16H2,1-4H3,(H,25,28). The van der Waals surface area contributed by atoms with E-state index in [0.29, 0.717) is 35.2 Å². The molecule has 0 aliphatic carbocycles. The van der Waals surface area contributed by atoms with Gasteiger partial charge in [-0.3, -0.25) is 4.79 Å². The number of hydrogen-bond acceptors (Lipinski definition) is 5. The molecule has 30 heavy (non-hydrogen) atoms. The monoisotopic (exact) mass is 432 g/mol. The molecule has 0 radical (unpaired) electrons. The molecule has 0 bridgehead atoms. The Morgan fingerprint density at radius 1 is 1.03 bits per heavy atom. The molecule has 0 spiro atoms. The molecular weight excluding hydrogens is 404 g/mol. The number of carbonyl (C=O) groups is 2. The van der Waals surface area contributed by atoms with Crippen molar-refractivity contribution in [3.8, 4) is 5.75 Å². The van der Waals surface area contributed by atoms with Crippen molar-refractivity contribution < 1.29 is 19.1 Å². The van der Waals surface area contributed by atoms with E-state index < -0.39 is 5.60 Å². The molecule has 6 nitrogen and oxygen atoms in total. The molecule has 0 aromatic heterocycles. The predicted octanol–water partition coefficient (Wildman–Crippen LogP) is 4.63. The van der Waals surface area contributed by atoms with E-state index in [4.69, 9.17) is 21.1 Å². The topological polar surface area (TPSA) is 67.9 Å². The van der Waals surface area contributed by atoms with Gasteiger partial charge in [0, 0.05) is 12.2 Å². The van der Waals surface area contributed by atoms with Crippen LogP contribution in [0.4, 0.5) is 5.69 Å². The maximum absolute atomic E-state index is 12.7. The zero-order valence-corrected chi connectivity index (χ0v) is 18.7. The van der Waals surface area contributed by atoms with Crippen molar-refractivity contribution in [2.24, 2.45) is 0 Å². The smallest absolute Gasteiger partial charge is 0.338 e. The van der Waals surface area contributed by atoms with Crippen LogP contribution in [0.2, 0.25) is 5.02 Å². The van der Waals surface area contributed by atoms with E-state index in [0.717, 1.165) is 13.1 Å². The number of ether oxygens (including phenoxy) is 2. The molecule has 0 aliphatic rings. The van der Waals surface area contributed by atoms with Crippen LogP contribution in [-0.2, 0) is 9.53 Å². The van der Waals surface area contributed by atoms with E-state index in [-0.39, 0.29) is 11.9 Å². The molecule has 0 saturated carbocycles. The fourth-order valence-electron chi connectivity index (χ4n) is 2.71. The van der Waals surface area contributed by atoms with Gasteiger partial charge in [-0.1, -0.05) is 37.6 Å². The van der Waals surface area contributed by atoms with E-state index in [1.165, 1.54) is 0 Å². The number of hydrogen-bond donors (Lipinski definition) is 1. The second-order valence-corrected chi connectivity index (χ2v) is 7.64. The Bertz CT molecular complexity index is 849. The Hall–Kier alpha value is -2.57. The van der Waals surface area contributed by atoms with E-state index in [1.807, 2.05) is 0 Å². The number of esters is 1. The molecule has 162 valence electrons. The van der Waals surface area contributed by atoms with Gasteiger partial charge in [0.05, 0.1) is 10.6 Å². The number of nitrogens with one attached hydrogen (secondary N) is 1. The van der Waals surface area contributed by atoms with Crippen LogP contribution in [0.25, 0.3) is 0 Å². The molecule has 2 rings (SSSR count). The van der Waals surface area contributed by atoms with Gasteiger partial charge in [0.1, 0.15) is 12.4 Å². The summed E-state index contributed by atoms with van der Waals surface area (Å²) in [4.78, 5) is 27.0. The lowest BCUT2D eigenvalue weighted by molar-refractivity contribution is -0.128. The number of carbonyl (C=O) groups excluding carboxylic acids is 2. The average Bonchev–Trinajstić information content (AvgIpc) is 2.73. The summed E-state index contributed by atoms with van der Waals surface area (Å²) in [5.74, 6) is -0.290. The molecular formula is C23H29ClN2O4. The van der Waals surface area contributed by atoms with Crippen LogP contribution in [-0.4, -0.2) is 48.6 Å². The lowest BCUT2D eigenvalue weighted by Gasteiger charge is -2.25. The summed E-state index contributed by atoms with van der Waals surface area (Å²) in [6.45, 7) is 10.3. The molecule has 0 aliphatic heterocycles. The Morgan fingerprint density at radius 3 is 2.27 bits per heavy atom. The number of halogens is 1. The van der Waals surface area contributed by atoms with Gasteiger partial charge in [-0.05, 0) is 63.3 Å². The average molecular weight is 433 g/mol. The van der Waals surface area contributed by atoms with Crippen molar-refractivity contribution in [3.63, 3.8) is 0 Å². The number of rotatable bonds is 10. The molecule has 1 amide bonds. The Labute approximate surface area is 183 Å². The largest absolute Gasteiger partial charge is 0.476 e. The van der Waals surface area contributed by atoms with Crippen molar-refractivity contribution >= 4 is 29.2 Å². The quantitative estimate of drug-likeness (QED) is 0.554. The third-order valence-corrected chi connectivity index (χ3v) is 4.97. The van der Waals surface area contributed by atoms with E-state index in [2.05, 4.69) is 24.1 Å². The lowest BCUT2D eigenvalue weighted by atomic mass is 10.1. The van der Waals surface area contributed by atoms with E-state index in [1.54, 1.807) is 62.4 Å². The normalized spacial score (nSPS) is 11.3. The summed E-state index contributed by atoms with van der Waals surface area (Å²) < 4.78 is 11.1. The number of para-hydroxylation sites is 1. The minimum atomic E-state index is -1.15. The van der Waals surface area contributed by atoms with E-state index in [9.17, 15) is 9.59 Å².